The van der Waals surface area contributed by atoms with Gasteiger partial charge in [0.25, 0.3) is 0 Å². The second-order valence-corrected chi connectivity index (χ2v) is 6.52. The van der Waals surface area contributed by atoms with Gasteiger partial charge >= 0.3 is 0 Å². The highest BCUT2D eigenvalue weighted by molar-refractivity contribution is 9.10. The molecule has 1 aromatic rings. The summed E-state index contributed by atoms with van der Waals surface area (Å²) in [5.41, 5.74) is 0.758. The molecule has 120 valence electrons. The van der Waals surface area contributed by atoms with E-state index in [0.717, 1.165) is 29.4 Å². The highest BCUT2D eigenvalue weighted by atomic mass is 79.9. The van der Waals surface area contributed by atoms with Crippen molar-refractivity contribution in [3.05, 3.63) is 33.3 Å². The van der Waals surface area contributed by atoms with Crippen LogP contribution in [0.3, 0.4) is 0 Å². The molecule has 0 aromatic heterocycles. The molecule has 0 heterocycles. The molecule has 5 heteroatoms. The lowest BCUT2D eigenvalue weighted by molar-refractivity contribution is 0.104. The fourth-order valence-electron chi connectivity index (χ4n) is 2.63. The van der Waals surface area contributed by atoms with E-state index >= 15 is 0 Å². The van der Waals surface area contributed by atoms with Gasteiger partial charge in [-0.1, -0.05) is 47.4 Å². The number of nitrogens with zero attached hydrogens (tertiary/aromatic N) is 1. The molecule has 0 amide bonds. The Morgan fingerprint density at radius 1 is 1.24 bits per heavy atom. The third-order valence-corrected chi connectivity index (χ3v) is 4.68. The monoisotopic (exact) mass is 377 g/mol. The summed E-state index contributed by atoms with van der Waals surface area (Å²) >= 11 is 9.54. The fourth-order valence-corrected chi connectivity index (χ4v) is 3.43. The van der Waals surface area contributed by atoms with Crippen LogP contribution in [-0.2, 0) is 0 Å². The van der Waals surface area contributed by atoms with Gasteiger partial charge < -0.3 is 10.2 Å². The lowest BCUT2D eigenvalue weighted by atomic mass is 10.0. The molecule has 2 N–H and O–H groups in total. The maximum Gasteiger partial charge on any atom is 0.0816 e. The van der Waals surface area contributed by atoms with E-state index in [1.165, 1.54) is 0 Å². The van der Waals surface area contributed by atoms with Gasteiger partial charge in [-0.05, 0) is 37.0 Å². The number of halogens is 2. The molecule has 0 aliphatic rings. The smallest absolute Gasteiger partial charge is 0.0816 e. The van der Waals surface area contributed by atoms with Crippen molar-refractivity contribution < 1.29 is 10.2 Å². The van der Waals surface area contributed by atoms with Crippen molar-refractivity contribution in [3.63, 3.8) is 0 Å². The lowest BCUT2D eigenvalue weighted by Crippen LogP contribution is -2.38. The van der Waals surface area contributed by atoms with Gasteiger partial charge in [0.15, 0.2) is 0 Å². The van der Waals surface area contributed by atoms with Crippen molar-refractivity contribution >= 4 is 27.5 Å². The SMILES string of the molecule is CCC(CC)N(CCO)CCC(O)c1ccc(Br)cc1Cl. The Morgan fingerprint density at radius 2 is 1.90 bits per heavy atom. The maximum atomic E-state index is 10.3. The molecular weight excluding hydrogens is 354 g/mol. The molecular formula is C16H25BrClNO2. The molecule has 21 heavy (non-hydrogen) atoms. The Bertz CT molecular complexity index is 427. The van der Waals surface area contributed by atoms with E-state index in [9.17, 15) is 10.2 Å². The van der Waals surface area contributed by atoms with Crippen LogP contribution in [0.5, 0.6) is 0 Å². The summed E-state index contributed by atoms with van der Waals surface area (Å²) in [5.74, 6) is 0. The molecule has 0 radical (unpaired) electrons. The molecule has 0 fully saturated rings. The van der Waals surface area contributed by atoms with Crippen molar-refractivity contribution in [3.8, 4) is 0 Å². The lowest BCUT2D eigenvalue weighted by Gasteiger charge is -2.30. The van der Waals surface area contributed by atoms with Gasteiger partial charge in [-0.15, -0.1) is 0 Å². The van der Waals surface area contributed by atoms with E-state index in [1.807, 2.05) is 12.1 Å². The summed E-state index contributed by atoms with van der Waals surface area (Å²) in [6.45, 7) is 5.85. The van der Waals surface area contributed by atoms with Crippen molar-refractivity contribution in [2.45, 2.75) is 45.3 Å². The highest BCUT2D eigenvalue weighted by Crippen LogP contribution is 2.28. The molecule has 1 atom stereocenters. The molecule has 0 aliphatic carbocycles. The van der Waals surface area contributed by atoms with Crippen LogP contribution in [0, 0.1) is 0 Å². The average molecular weight is 379 g/mol. The number of hydrogen-bond donors (Lipinski definition) is 2. The minimum Gasteiger partial charge on any atom is -0.395 e. The van der Waals surface area contributed by atoms with Crippen LogP contribution < -0.4 is 0 Å². The molecule has 0 bridgehead atoms. The minimum atomic E-state index is -0.582. The van der Waals surface area contributed by atoms with Crippen molar-refractivity contribution in [1.29, 1.82) is 0 Å². The summed E-state index contributed by atoms with van der Waals surface area (Å²) < 4.78 is 0.905. The summed E-state index contributed by atoms with van der Waals surface area (Å²) in [4.78, 5) is 2.25. The third-order valence-electron chi connectivity index (χ3n) is 3.86. The van der Waals surface area contributed by atoms with Crippen LogP contribution in [0.25, 0.3) is 0 Å². The van der Waals surface area contributed by atoms with Gasteiger partial charge in [0, 0.05) is 28.6 Å². The predicted octanol–water partition coefficient (Wildman–Crippen LogP) is 4.01. The number of aliphatic hydroxyl groups excluding tert-OH is 2. The third kappa shape index (κ3) is 5.87. The molecule has 0 saturated heterocycles. The zero-order valence-corrected chi connectivity index (χ0v) is 15.1. The van der Waals surface area contributed by atoms with Gasteiger partial charge in [0.1, 0.15) is 0 Å². The average Bonchev–Trinajstić information content (AvgIpc) is 2.45. The van der Waals surface area contributed by atoms with Gasteiger partial charge in [-0.3, -0.25) is 4.90 Å². The zero-order chi connectivity index (χ0) is 15.8. The second-order valence-electron chi connectivity index (χ2n) is 5.20. The van der Waals surface area contributed by atoms with Crippen LogP contribution in [0.2, 0.25) is 5.02 Å². The number of hydrogen-bond acceptors (Lipinski definition) is 3. The summed E-state index contributed by atoms with van der Waals surface area (Å²) in [7, 11) is 0. The Kier molecular flexibility index (Phi) is 8.83. The van der Waals surface area contributed by atoms with Crippen LogP contribution in [0.4, 0.5) is 0 Å². The van der Waals surface area contributed by atoms with Gasteiger partial charge in [-0.25, -0.2) is 0 Å². The fraction of sp³-hybridized carbons (Fsp3) is 0.625. The number of rotatable bonds is 9. The first kappa shape index (κ1) is 18.9. The zero-order valence-electron chi connectivity index (χ0n) is 12.7. The van der Waals surface area contributed by atoms with E-state index in [4.69, 9.17) is 11.6 Å². The van der Waals surface area contributed by atoms with Gasteiger partial charge in [-0.2, -0.15) is 0 Å². The quantitative estimate of drug-likeness (QED) is 0.682. The minimum absolute atomic E-state index is 0.144. The molecule has 0 saturated carbocycles. The molecule has 3 nitrogen and oxygen atoms in total. The molecule has 0 spiro atoms. The Labute approximate surface area is 141 Å². The van der Waals surface area contributed by atoms with E-state index in [1.54, 1.807) is 6.07 Å². The molecule has 1 unspecified atom stereocenters. The maximum absolute atomic E-state index is 10.3. The van der Waals surface area contributed by atoms with E-state index in [0.29, 0.717) is 24.0 Å². The van der Waals surface area contributed by atoms with E-state index < -0.39 is 6.10 Å². The number of benzene rings is 1. The summed E-state index contributed by atoms with van der Waals surface area (Å²) in [6, 6.07) is 5.98. The summed E-state index contributed by atoms with van der Waals surface area (Å²) in [5, 5.41) is 20.1. The van der Waals surface area contributed by atoms with Crippen LogP contribution in [0.1, 0.15) is 44.8 Å². The van der Waals surface area contributed by atoms with Crippen molar-refractivity contribution in [1.82, 2.24) is 4.90 Å². The molecule has 1 rings (SSSR count). The Hall–Kier alpha value is -0.130. The van der Waals surface area contributed by atoms with Crippen molar-refractivity contribution in [2.75, 3.05) is 19.7 Å². The largest absolute Gasteiger partial charge is 0.395 e. The topological polar surface area (TPSA) is 43.7 Å². The van der Waals surface area contributed by atoms with Gasteiger partial charge in [0.2, 0.25) is 0 Å². The first-order valence-electron chi connectivity index (χ1n) is 7.51. The normalized spacial score (nSPS) is 13.1. The van der Waals surface area contributed by atoms with E-state index in [2.05, 4.69) is 34.7 Å². The summed E-state index contributed by atoms with van der Waals surface area (Å²) in [6.07, 6.45) is 2.12. The predicted molar refractivity (Wildman–Crippen MR) is 91.8 cm³/mol. The van der Waals surface area contributed by atoms with Crippen LogP contribution in [0.15, 0.2) is 22.7 Å². The standard InChI is InChI=1S/C16H25BrClNO2/c1-3-13(4-2)19(9-10-20)8-7-16(21)14-6-5-12(17)11-15(14)18/h5-6,11,13,16,20-21H,3-4,7-10H2,1-2H3. The second kappa shape index (κ2) is 9.80. The molecule has 1 aromatic carbocycles. The van der Waals surface area contributed by atoms with Crippen molar-refractivity contribution in [2.24, 2.45) is 0 Å². The highest BCUT2D eigenvalue weighted by Gasteiger charge is 2.18. The Morgan fingerprint density at radius 3 is 2.43 bits per heavy atom. The molecule has 0 aliphatic heterocycles. The Balaban J connectivity index is 2.66. The van der Waals surface area contributed by atoms with E-state index in [-0.39, 0.29) is 6.61 Å². The van der Waals surface area contributed by atoms with Crippen LogP contribution >= 0.6 is 27.5 Å². The number of aliphatic hydroxyl groups is 2. The first-order chi connectivity index (χ1) is 10.0. The van der Waals surface area contributed by atoms with Gasteiger partial charge in [0.05, 0.1) is 12.7 Å². The van der Waals surface area contributed by atoms with Crippen LogP contribution in [-0.4, -0.2) is 40.9 Å². The first-order valence-corrected chi connectivity index (χ1v) is 8.68.